The van der Waals surface area contributed by atoms with E-state index in [-0.39, 0.29) is 0 Å². The summed E-state index contributed by atoms with van der Waals surface area (Å²) in [6.07, 6.45) is 9.59. The third-order valence-electron chi connectivity index (χ3n) is 5.00. The van der Waals surface area contributed by atoms with Crippen molar-refractivity contribution in [1.82, 2.24) is 0 Å². The van der Waals surface area contributed by atoms with Gasteiger partial charge in [-0.2, -0.15) is 0 Å². The maximum Gasteiger partial charge on any atom is 0.192 e. The highest BCUT2D eigenvalue weighted by Crippen LogP contribution is 2.40. The molecular weight excluding hydrogens is 252 g/mol. The van der Waals surface area contributed by atoms with Crippen LogP contribution < -0.4 is 0 Å². The Bertz CT molecular complexity index is 273. The molecule has 1 aliphatic rings. The molecule has 0 aromatic rings. The van der Waals surface area contributed by atoms with Crippen LogP contribution in [0.5, 0.6) is 0 Å². The van der Waals surface area contributed by atoms with E-state index < -0.39 is 8.32 Å². The van der Waals surface area contributed by atoms with Crippen molar-refractivity contribution >= 4 is 14.6 Å². The topological polar surface area (TPSA) is 26.3 Å². The molecule has 0 spiro atoms. The first-order valence-electron chi connectivity index (χ1n) is 7.88. The Morgan fingerprint density at radius 2 is 1.74 bits per heavy atom. The number of carbonyl (C=O) groups excluding carboxylic acids is 1. The third-order valence-corrected chi connectivity index (χ3v) is 9.53. The summed E-state index contributed by atoms with van der Waals surface area (Å²) in [5.74, 6) is 0.833. The maximum absolute atomic E-state index is 10.3. The highest BCUT2D eigenvalue weighted by molar-refractivity contribution is 6.74. The van der Waals surface area contributed by atoms with E-state index in [1.807, 2.05) is 0 Å². The number of rotatable bonds is 6. The third kappa shape index (κ3) is 5.39. The standard InChI is InChI=1S/C16H32O2Si/c1-16(2,3)19(4,5)18-15-11-9-14(10-12-15)8-6-7-13-17/h13-15H,6-12H2,1-5H3. The largest absolute Gasteiger partial charge is 0.414 e. The first-order valence-corrected chi connectivity index (χ1v) is 10.8. The van der Waals surface area contributed by atoms with E-state index in [0.29, 0.717) is 11.1 Å². The fourth-order valence-corrected chi connectivity index (χ4v) is 4.04. The average molecular weight is 285 g/mol. The molecule has 0 aromatic carbocycles. The van der Waals surface area contributed by atoms with Gasteiger partial charge in [-0.25, -0.2) is 0 Å². The second kappa shape index (κ2) is 7.03. The summed E-state index contributed by atoms with van der Waals surface area (Å²) < 4.78 is 6.50. The molecule has 0 unspecified atom stereocenters. The summed E-state index contributed by atoms with van der Waals surface area (Å²) in [4.78, 5) is 10.3. The average Bonchev–Trinajstić information content (AvgIpc) is 2.30. The summed E-state index contributed by atoms with van der Waals surface area (Å²) in [6, 6.07) is 0. The van der Waals surface area contributed by atoms with Crippen molar-refractivity contribution in [3.8, 4) is 0 Å². The Morgan fingerprint density at radius 1 is 1.16 bits per heavy atom. The summed E-state index contributed by atoms with van der Waals surface area (Å²) in [5.41, 5.74) is 0. The lowest BCUT2D eigenvalue weighted by atomic mass is 9.84. The van der Waals surface area contributed by atoms with Gasteiger partial charge in [0, 0.05) is 12.5 Å². The minimum atomic E-state index is -1.59. The smallest absolute Gasteiger partial charge is 0.192 e. The zero-order valence-electron chi connectivity index (χ0n) is 13.5. The lowest BCUT2D eigenvalue weighted by molar-refractivity contribution is -0.108. The van der Waals surface area contributed by atoms with Gasteiger partial charge in [0.1, 0.15) is 6.29 Å². The van der Waals surface area contributed by atoms with Crippen LogP contribution >= 0.6 is 0 Å². The number of carbonyl (C=O) groups is 1. The molecule has 1 saturated carbocycles. The van der Waals surface area contributed by atoms with Crippen LogP contribution in [0.15, 0.2) is 0 Å². The zero-order chi connectivity index (χ0) is 14.5. The van der Waals surface area contributed by atoms with Gasteiger partial charge in [0.05, 0.1) is 0 Å². The van der Waals surface area contributed by atoms with Gasteiger partial charge in [0.15, 0.2) is 8.32 Å². The monoisotopic (exact) mass is 284 g/mol. The van der Waals surface area contributed by atoms with Crippen LogP contribution in [0.1, 0.15) is 65.7 Å². The number of aldehydes is 1. The molecule has 0 atom stereocenters. The van der Waals surface area contributed by atoms with Gasteiger partial charge >= 0.3 is 0 Å². The minimum absolute atomic E-state index is 0.313. The number of hydrogen-bond donors (Lipinski definition) is 0. The van der Waals surface area contributed by atoms with Crippen LogP contribution in [0, 0.1) is 5.92 Å². The van der Waals surface area contributed by atoms with E-state index in [2.05, 4.69) is 33.9 Å². The van der Waals surface area contributed by atoms with E-state index in [4.69, 9.17) is 4.43 Å². The van der Waals surface area contributed by atoms with Gasteiger partial charge in [-0.3, -0.25) is 0 Å². The molecular formula is C16H32O2Si. The van der Waals surface area contributed by atoms with Crippen LogP contribution in [-0.2, 0) is 9.22 Å². The van der Waals surface area contributed by atoms with Crippen molar-refractivity contribution in [1.29, 1.82) is 0 Å². The summed E-state index contributed by atoms with van der Waals surface area (Å²) in [5, 5.41) is 0.313. The Hall–Kier alpha value is -0.153. The van der Waals surface area contributed by atoms with Gasteiger partial charge in [-0.05, 0) is 56.2 Å². The Kier molecular flexibility index (Phi) is 6.25. The zero-order valence-corrected chi connectivity index (χ0v) is 14.5. The van der Waals surface area contributed by atoms with Crippen LogP contribution in [0.2, 0.25) is 18.1 Å². The Balaban J connectivity index is 2.32. The van der Waals surface area contributed by atoms with Crippen molar-refractivity contribution in [2.45, 2.75) is 90.0 Å². The van der Waals surface area contributed by atoms with Gasteiger partial charge in [0.25, 0.3) is 0 Å². The van der Waals surface area contributed by atoms with Crippen molar-refractivity contribution in [3.05, 3.63) is 0 Å². The van der Waals surface area contributed by atoms with Crippen LogP contribution in [-0.4, -0.2) is 20.7 Å². The lowest BCUT2D eigenvalue weighted by Gasteiger charge is -2.41. The second-order valence-corrected chi connectivity index (χ2v) is 12.4. The van der Waals surface area contributed by atoms with Crippen LogP contribution in [0.3, 0.4) is 0 Å². The van der Waals surface area contributed by atoms with E-state index in [1.54, 1.807) is 0 Å². The van der Waals surface area contributed by atoms with E-state index in [9.17, 15) is 4.79 Å². The molecule has 1 rings (SSSR count). The molecule has 0 N–H and O–H groups in total. The highest BCUT2D eigenvalue weighted by atomic mass is 28.4. The fraction of sp³-hybridized carbons (Fsp3) is 0.938. The number of hydrogen-bond acceptors (Lipinski definition) is 2. The van der Waals surface area contributed by atoms with Crippen molar-refractivity contribution in [2.75, 3.05) is 0 Å². The first kappa shape index (κ1) is 16.9. The molecule has 0 saturated heterocycles. The predicted octanol–water partition coefficient (Wildman–Crippen LogP) is 4.94. The van der Waals surface area contributed by atoms with Crippen LogP contribution in [0.25, 0.3) is 0 Å². The van der Waals surface area contributed by atoms with E-state index in [0.717, 1.165) is 25.0 Å². The second-order valence-electron chi connectivity index (χ2n) is 7.62. The summed E-state index contributed by atoms with van der Waals surface area (Å²) in [7, 11) is -1.59. The predicted molar refractivity (Wildman–Crippen MR) is 83.9 cm³/mol. The molecule has 0 heterocycles. The van der Waals surface area contributed by atoms with Crippen LogP contribution in [0.4, 0.5) is 0 Å². The Morgan fingerprint density at radius 3 is 2.21 bits per heavy atom. The summed E-state index contributed by atoms with van der Waals surface area (Å²) >= 11 is 0. The van der Waals surface area contributed by atoms with Crippen molar-refractivity contribution < 1.29 is 9.22 Å². The van der Waals surface area contributed by atoms with Gasteiger partial charge in [0.2, 0.25) is 0 Å². The lowest BCUT2D eigenvalue weighted by Crippen LogP contribution is -2.44. The van der Waals surface area contributed by atoms with Gasteiger partial charge in [-0.15, -0.1) is 0 Å². The molecule has 19 heavy (non-hydrogen) atoms. The molecule has 0 aromatic heterocycles. The number of unbranched alkanes of at least 4 members (excludes halogenated alkanes) is 1. The fourth-order valence-electron chi connectivity index (χ4n) is 2.62. The normalized spacial score (nSPS) is 25.3. The molecule has 1 aliphatic carbocycles. The SMILES string of the molecule is CC(C)(C)[Si](C)(C)OC1CCC(CCCC=O)CC1. The first-order chi connectivity index (χ1) is 8.76. The van der Waals surface area contributed by atoms with Crippen molar-refractivity contribution in [3.63, 3.8) is 0 Å². The summed E-state index contributed by atoms with van der Waals surface area (Å²) in [6.45, 7) is 11.6. The molecule has 0 amide bonds. The maximum atomic E-state index is 10.3. The van der Waals surface area contributed by atoms with Gasteiger partial charge in [-0.1, -0.05) is 27.2 Å². The van der Waals surface area contributed by atoms with E-state index >= 15 is 0 Å². The minimum Gasteiger partial charge on any atom is -0.414 e. The molecule has 0 aliphatic heterocycles. The highest BCUT2D eigenvalue weighted by Gasteiger charge is 2.39. The Labute approximate surface area is 120 Å². The van der Waals surface area contributed by atoms with Gasteiger partial charge < -0.3 is 9.22 Å². The molecule has 1 fully saturated rings. The van der Waals surface area contributed by atoms with E-state index in [1.165, 1.54) is 32.1 Å². The molecule has 3 heteroatoms. The molecule has 112 valence electrons. The quantitative estimate of drug-likeness (QED) is 0.392. The molecule has 2 nitrogen and oxygen atoms in total. The molecule has 0 radical (unpaired) electrons. The molecule has 0 bridgehead atoms. The van der Waals surface area contributed by atoms with Crippen molar-refractivity contribution in [2.24, 2.45) is 5.92 Å².